The van der Waals surface area contributed by atoms with Crippen LogP contribution in [0.2, 0.25) is 0 Å². The molecule has 3 fully saturated rings. The fourth-order valence-corrected chi connectivity index (χ4v) is 7.58. The van der Waals surface area contributed by atoms with Gasteiger partial charge in [-0.25, -0.2) is 9.80 Å². The molecule has 2 saturated heterocycles. The maximum Gasteiger partial charge on any atom is 0.238 e. The highest BCUT2D eigenvalue weighted by Gasteiger charge is 2.75. The molecule has 2 aliphatic heterocycles. The van der Waals surface area contributed by atoms with E-state index in [0.717, 1.165) is 16.7 Å². The monoisotopic (exact) mass is 502 g/mol. The number of hydrogen-bond donors (Lipinski definition) is 0. The molecular weight excluding hydrogens is 476 g/mol. The number of hydrogen-bond acceptors (Lipinski definition) is 4. The number of carbonyl (C=O) groups excluding carboxylic acids is 4. The Bertz CT molecular complexity index is 1490. The van der Waals surface area contributed by atoms with Crippen LogP contribution in [0.3, 0.4) is 0 Å². The molecule has 3 aromatic rings. The van der Waals surface area contributed by atoms with Crippen LogP contribution in [-0.2, 0) is 24.6 Å². The van der Waals surface area contributed by atoms with Gasteiger partial charge in [0.15, 0.2) is 0 Å². The van der Waals surface area contributed by atoms with Crippen LogP contribution in [0, 0.1) is 43.4 Å². The average Bonchev–Trinajstić information content (AvgIpc) is 3.37. The number of carbonyl (C=O) groups is 4. The third-order valence-electron chi connectivity index (χ3n) is 9.14. The highest BCUT2D eigenvalue weighted by molar-refractivity contribution is 6.27. The van der Waals surface area contributed by atoms with Gasteiger partial charge >= 0.3 is 0 Å². The number of rotatable bonds is 3. The van der Waals surface area contributed by atoms with Crippen LogP contribution in [0.5, 0.6) is 0 Å². The van der Waals surface area contributed by atoms with Crippen LogP contribution < -0.4 is 9.80 Å². The molecule has 1 saturated carbocycles. The van der Waals surface area contributed by atoms with Crippen molar-refractivity contribution in [3.05, 3.63) is 108 Å². The van der Waals surface area contributed by atoms with E-state index in [4.69, 9.17) is 0 Å². The first-order valence-corrected chi connectivity index (χ1v) is 13.0. The van der Waals surface area contributed by atoms with Gasteiger partial charge in [0.2, 0.25) is 23.6 Å². The summed E-state index contributed by atoms with van der Waals surface area (Å²) in [6.07, 6.45) is 3.88. The summed E-state index contributed by atoms with van der Waals surface area (Å²) in [6, 6.07) is 24.1. The SMILES string of the molecule is Cc1ccccc1N1C(=O)C2C3C=CC(c4ccccc4)(C2C1=O)C1C(=O)N(c2ccccc2C)C(=O)C31. The number of para-hydroxylation sites is 2. The van der Waals surface area contributed by atoms with Gasteiger partial charge in [0.25, 0.3) is 0 Å². The van der Waals surface area contributed by atoms with Crippen LogP contribution in [0.4, 0.5) is 11.4 Å². The van der Waals surface area contributed by atoms with Crippen molar-refractivity contribution in [1.29, 1.82) is 0 Å². The summed E-state index contributed by atoms with van der Waals surface area (Å²) in [6.45, 7) is 3.75. The van der Waals surface area contributed by atoms with Gasteiger partial charge in [0.05, 0.1) is 35.0 Å². The Labute approximate surface area is 220 Å². The zero-order chi connectivity index (χ0) is 26.3. The molecule has 0 N–H and O–H groups in total. The highest BCUT2D eigenvalue weighted by atomic mass is 16.2. The van der Waals surface area contributed by atoms with Gasteiger partial charge in [0.1, 0.15) is 0 Å². The van der Waals surface area contributed by atoms with Crippen molar-refractivity contribution in [2.45, 2.75) is 19.3 Å². The quantitative estimate of drug-likeness (QED) is 0.394. The second kappa shape index (κ2) is 7.84. The third-order valence-corrected chi connectivity index (χ3v) is 9.14. The van der Waals surface area contributed by atoms with Gasteiger partial charge in [0, 0.05) is 11.3 Å². The second-order valence-corrected chi connectivity index (χ2v) is 10.8. The summed E-state index contributed by atoms with van der Waals surface area (Å²) in [7, 11) is 0. The molecule has 4 atom stereocenters. The first kappa shape index (κ1) is 22.8. The summed E-state index contributed by atoms with van der Waals surface area (Å²) in [5, 5.41) is 0. The molecule has 6 heteroatoms. The van der Waals surface area contributed by atoms with E-state index in [0.29, 0.717) is 11.4 Å². The second-order valence-electron chi connectivity index (χ2n) is 10.8. The molecular formula is C32H26N2O4. The van der Waals surface area contributed by atoms with Gasteiger partial charge in [-0.1, -0.05) is 78.9 Å². The first-order chi connectivity index (χ1) is 18.4. The van der Waals surface area contributed by atoms with Gasteiger partial charge < -0.3 is 0 Å². The van der Waals surface area contributed by atoms with Crippen molar-refractivity contribution >= 4 is 35.0 Å². The molecule has 2 heterocycles. The summed E-state index contributed by atoms with van der Waals surface area (Å²) in [4.78, 5) is 59.5. The highest BCUT2D eigenvalue weighted by Crippen LogP contribution is 2.65. The average molecular weight is 503 g/mol. The fraction of sp³-hybridized carbons (Fsp3) is 0.250. The van der Waals surface area contributed by atoms with Crippen molar-refractivity contribution in [1.82, 2.24) is 0 Å². The topological polar surface area (TPSA) is 74.8 Å². The predicted molar refractivity (Wildman–Crippen MR) is 142 cm³/mol. The number of benzene rings is 3. The maximum atomic E-state index is 14.3. The van der Waals surface area contributed by atoms with E-state index in [2.05, 4.69) is 0 Å². The Morgan fingerprint density at radius 3 is 1.50 bits per heavy atom. The Hall–Kier alpha value is -4.32. The molecule has 6 nitrogen and oxygen atoms in total. The standard InChI is InChI=1S/C32H26N2O4/c1-18-10-6-8-14-22(18)33-28(35)24-21-16-17-32(26(24)30(33)37,20-12-4-3-5-13-20)27-25(21)29(36)34(31(27)38)23-15-9-7-11-19(23)2/h3-17,21,24-27H,1-2H3. The van der Waals surface area contributed by atoms with Crippen molar-refractivity contribution in [3.8, 4) is 0 Å². The Kier molecular flexibility index (Phi) is 4.71. The Morgan fingerprint density at radius 1 is 0.579 bits per heavy atom. The number of aryl methyl sites for hydroxylation is 2. The van der Waals surface area contributed by atoms with Crippen molar-refractivity contribution in [2.75, 3.05) is 9.80 Å². The molecule has 38 heavy (non-hydrogen) atoms. The normalized spacial score (nSPS) is 31.3. The van der Waals surface area contributed by atoms with Crippen LogP contribution in [-0.4, -0.2) is 23.6 Å². The fourth-order valence-electron chi connectivity index (χ4n) is 7.58. The third kappa shape index (κ3) is 2.67. The van der Waals surface area contributed by atoms with E-state index < -0.39 is 35.0 Å². The lowest BCUT2D eigenvalue weighted by Crippen LogP contribution is -2.60. The summed E-state index contributed by atoms with van der Waals surface area (Å²) < 4.78 is 0. The van der Waals surface area contributed by atoms with Gasteiger partial charge in [-0.3, -0.25) is 19.2 Å². The molecule has 0 aromatic heterocycles. The molecule has 4 unspecified atom stereocenters. The summed E-state index contributed by atoms with van der Waals surface area (Å²) in [5.41, 5.74) is 2.42. The smallest absolute Gasteiger partial charge is 0.238 e. The Morgan fingerprint density at radius 2 is 1.03 bits per heavy atom. The number of allylic oxidation sites excluding steroid dienone is 2. The largest absolute Gasteiger partial charge is 0.274 e. The molecule has 5 aliphatic rings. The molecule has 0 spiro atoms. The minimum atomic E-state index is -1.11. The lowest BCUT2D eigenvalue weighted by atomic mass is 9.45. The molecule has 0 radical (unpaired) electrons. The van der Waals surface area contributed by atoms with Crippen molar-refractivity contribution in [3.63, 3.8) is 0 Å². The lowest BCUT2D eigenvalue weighted by Gasteiger charge is -2.53. The van der Waals surface area contributed by atoms with E-state index in [9.17, 15) is 19.2 Å². The summed E-state index contributed by atoms with van der Waals surface area (Å²) >= 11 is 0. The Balaban J connectivity index is 1.45. The van der Waals surface area contributed by atoms with Crippen molar-refractivity contribution in [2.24, 2.45) is 29.6 Å². The molecule has 3 aromatic carbocycles. The molecule has 8 rings (SSSR count). The van der Waals surface area contributed by atoms with E-state index in [1.165, 1.54) is 9.80 Å². The summed E-state index contributed by atoms with van der Waals surface area (Å²) in [5.74, 6) is -4.73. The molecule has 4 amide bonds. The number of imide groups is 2. The van der Waals surface area contributed by atoms with E-state index >= 15 is 0 Å². The minimum absolute atomic E-state index is 0.294. The van der Waals surface area contributed by atoms with Gasteiger partial charge in [-0.15, -0.1) is 0 Å². The molecule has 188 valence electrons. The van der Waals surface area contributed by atoms with Crippen molar-refractivity contribution < 1.29 is 19.2 Å². The van der Waals surface area contributed by atoms with Crippen LogP contribution >= 0.6 is 0 Å². The molecule has 2 bridgehead atoms. The minimum Gasteiger partial charge on any atom is -0.274 e. The zero-order valence-corrected chi connectivity index (χ0v) is 21.1. The lowest BCUT2D eigenvalue weighted by molar-refractivity contribution is -0.140. The number of anilines is 2. The molecule has 3 aliphatic carbocycles. The van der Waals surface area contributed by atoms with E-state index in [1.807, 2.05) is 92.7 Å². The number of nitrogens with zero attached hydrogens (tertiary/aromatic N) is 2. The van der Waals surface area contributed by atoms with Crippen LogP contribution in [0.1, 0.15) is 16.7 Å². The van der Waals surface area contributed by atoms with E-state index in [-0.39, 0.29) is 23.6 Å². The van der Waals surface area contributed by atoms with Gasteiger partial charge in [-0.05, 0) is 42.7 Å². The van der Waals surface area contributed by atoms with Crippen LogP contribution in [0.25, 0.3) is 0 Å². The zero-order valence-electron chi connectivity index (χ0n) is 21.1. The van der Waals surface area contributed by atoms with Crippen LogP contribution in [0.15, 0.2) is 91.0 Å². The maximum absolute atomic E-state index is 14.3. The first-order valence-electron chi connectivity index (χ1n) is 13.0. The number of amides is 4. The van der Waals surface area contributed by atoms with Gasteiger partial charge in [-0.2, -0.15) is 0 Å². The van der Waals surface area contributed by atoms with E-state index in [1.54, 1.807) is 12.1 Å². The predicted octanol–water partition coefficient (Wildman–Crippen LogP) is 4.35.